The summed E-state index contributed by atoms with van der Waals surface area (Å²) >= 11 is 1.51. The first kappa shape index (κ1) is 18.6. The molecule has 0 saturated heterocycles. The summed E-state index contributed by atoms with van der Waals surface area (Å²) in [6.07, 6.45) is 3.62. The molecular formula is C15H18N4O3S. The maximum absolute atomic E-state index is 12.0. The van der Waals surface area contributed by atoms with Crippen LogP contribution in [-0.4, -0.2) is 24.0 Å². The Morgan fingerprint density at radius 3 is 2.74 bits per heavy atom. The zero-order valence-corrected chi connectivity index (χ0v) is 14.3. The summed E-state index contributed by atoms with van der Waals surface area (Å²) in [5.41, 5.74) is 10.3. The van der Waals surface area contributed by atoms with Crippen molar-refractivity contribution in [3.63, 3.8) is 0 Å². The Hall–Kier alpha value is -2.44. The van der Waals surface area contributed by atoms with Gasteiger partial charge in [-0.15, -0.1) is 11.3 Å². The van der Waals surface area contributed by atoms with Crippen LogP contribution in [0.15, 0.2) is 27.7 Å². The van der Waals surface area contributed by atoms with Gasteiger partial charge in [0, 0.05) is 21.8 Å². The zero-order valence-electron chi connectivity index (χ0n) is 13.4. The Kier molecular flexibility index (Phi) is 7.18. The number of carbonyl (C=O) groups excluding carboxylic acids is 2. The number of amides is 1. The molecule has 122 valence electrons. The fourth-order valence-electron chi connectivity index (χ4n) is 1.91. The Labute approximate surface area is 138 Å². The first-order valence-electron chi connectivity index (χ1n) is 6.83. The third kappa shape index (κ3) is 5.69. The number of methoxy groups -OCH3 is 1. The van der Waals surface area contributed by atoms with Gasteiger partial charge >= 0.3 is 5.97 Å². The molecule has 0 saturated carbocycles. The number of hydrogen-bond donors (Lipinski definition) is 0. The van der Waals surface area contributed by atoms with Gasteiger partial charge in [-0.2, -0.15) is 0 Å². The molecule has 1 rings (SSSR count). The van der Waals surface area contributed by atoms with E-state index in [4.69, 9.17) is 5.53 Å². The van der Waals surface area contributed by atoms with Gasteiger partial charge in [0.25, 0.3) is 0 Å². The van der Waals surface area contributed by atoms with Crippen LogP contribution in [0.3, 0.4) is 0 Å². The second kappa shape index (κ2) is 8.87. The molecule has 1 aromatic rings. The van der Waals surface area contributed by atoms with E-state index in [9.17, 15) is 9.59 Å². The van der Waals surface area contributed by atoms with Crippen LogP contribution in [0, 0.1) is 12.8 Å². The van der Waals surface area contributed by atoms with Gasteiger partial charge in [0.15, 0.2) is 0 Å². The third-order valence-corrected chi connectivity index (χ3v) is 3.96. The van der Waals surface area contributed by atoms with Crippen molar-refractivity contribution in [1.29, 1.82) is 0 Å². The highest BCUT2D eigenvalue weighted by Gasteiger charge is 2.19. The van der Waals surface area contributed by atoms with Gasteiger partial charge in [-0.3, -0.25) is 4.79 Å². The number of carbonyl (C=O) groups is 2. The Morgan fingerprint density at radius 2 is 2.22 bits per heavy atom. The third-order valence-electron chi connectivity index (χ3n) is 3.17. The maximum Gasteiger partial charge on any atom is 0.333 e. The lowest BCUT2D eigenvalue weighted by molar-refractivity contribution is -0.136. The van der Waals surface area contributed by atoms with E-state index in [1.165, 1.54) is 18.4 Å². The molecule has 1 amide bonds. The van der Waals surface area contributed by atoms with Crippen LogP contribution in [0.1, 0.15) is 31.0 Å². The molecule has 0 aliphatic carbocycles. The number of thiazole rings is 1. The minimum Gasteiger partial charge on any atom is -0.466 e. The van der Waals surface area contributed by atoms with Crippen molar-refractivity contribution in [2.45, 2.75) is 27.2 Å². The van der Waals surface area contributed by atoms with Gasteiger partial charge in [0.1, 0.15) is 0 Å². The van der Waals surface area contributed by atoms with Crippen molar-refractivity contribution in [3.05, 3.63) is 43.7 Å². The predicted molar refractivity (Wildman–Crippen MR) is 88.5 cm³/mol. The first-order valence-corrected chi connectivity index (χ1v) is 7.71. The van der Waals surface area contributed by atoms with Gasteiger partial charge in [0.05, 0.1) is 17.8 Å². The molecule has 0 aliphatic heterocycles. The Morgan fingerprint density at radius 1 is 1.52 bits per heavy atom. The molecule has 1 atom stereocenters. The van der Waals surface area contributed by atoms with E-state index in [1.54, 1.807) is 26.0 Å². The lowest BCUT2D eigenvalue weighted by Gasteiger charge is -2.12. The number of hydrogen-bond acceptors (Lipinski definition) is 5. The summed E-state index contributed by atoms with van der Waals surface area (Å²) in [7, 11) is 1.29. The monoisotopic (exact) mass is 334 g/mol. The predicted octanol–water partition coefficient (Wildman–Crippen LogP) is 3.82. The molecule has 1 aromatic heterocycles. The van der Waals surface area contributed by atoms with Gasteiger partial charge in [-0.1, -0.05) is 11.6 Å². The van der Waals surface area contributed by atoms with Crippen LogP contribution in [0.2, 0.25) is 0 Å². The van der Waals surface area contributed by atoms with Gasteiger partial charge in [0.2, 0.25) is 5.91 Å². The maximum atomic E-state index is 12.0. The fraction of sp³-hybridized carbons (Fsp3) is 0.400. The van der Waals surface area contributed by atoms with Crippen LogP contribution in [0.4, 0.5) is 0 Å². The summed E-state index contributed by atoms with van der Waals surface area (Å²) in [4.78, 5) is 30.3. The molecule has 7 nitrogen and oxygen atoms in total. The summed E-state index contributed by atoms with van der Waals surface area (Å²) in [6.45, 7) is 5.26. The molecule has 0 spiro atoms. The molecule has 1 heterocycles. The minimum absolute atomic E-state index is 0.240. The minimum atomic E-state index is -0.646. The van der Waals surface area contributed by atoms with E-state index in [0.29, 0.717) is 11.1 Å². The largest absolute Gasteiger partial charge is 0.466 e. The number of aromatic nitrogens is 1. The van der Waals surface area contributed by atoms with E-state index in [1.807, 2.05) is 12.3 Å². The van der Waals surface area contributed by atoms with Crippen molar-refractivity contribution in [3.8, 4) is 0 Å². The van der Waals surface area contributed by atoms with Crippen molar-refractivity contribution >= 4 is 29.3 Å². The normalized spacial score (nSPS) is 13.2. The number of ether oxygens (including phenoxy) is 1. The van der Waals surface area contributed by atoms with Crippen LogP contribution in [-0.2, 0) is 14.3 Å². The average molecular weight is 334 g/mol. The second-order valence-corrected chi connectivity index (χ2v) is 5.94. The zero-order chi connectivity index (χ0) is 17.4. The van der Waals surface area contributed by atoms with Gasteiger partial charge in [-0.25, -0.2) is 9.78 Å². The first-order chi connectivity index (χ1) is 10.9. The summed E-state index contributed by atoms with van der Waals surface area (Å²) in [6, 6.07) is 0. The van der Waals surface area contributed by atoms with Gasteiger partial charge < -0.3 is 4.74 Å². The molecule has 0 unspecified atom stereocenters. The van der Waals surface area contributed by atoms with Gasteiger partial charge in [-0.05, 0) is 43.9 Å². The molecular weight excluding hydrogens is 316 g/mol. The Balaban J connectivity index is 3.05. The van der Waals surface area contributed by atoms with Crippen LogP contribution in [0.5, 0.6) is 0 Å². The smallest absolute Gasteiger partial charge is 0.333 e. The lowest BCUT2D eigenvalue weighted by Crippen LogP contribution is -2.13. The molecule has 0 radical (unpaired) electrons. The Bertz CT molecular complexity index is 699. The van der Waals surface area contributed by atoms with E-state index in [2.05, 4.69) is 19.7 Å². The van der Waals surface area contributed by atoms with Crippen molar-refractivity contribution in [1.82, 2.24) is 4.98 Å². The lowest BCUT2D eigenvalue weighted by atomic mass is 9.94. The number of rotatable bonds is 6. The number of esters is 1. The second-order valence-electron chi connectivity index (χ2n) is 4.87. The molecule has 23 heavy (non-hydrogen) atoms. The van der Waals surface area contributed by atoms with Crippen LogP contribution >= 0.6 is 11.3 Å². The van der Waals surface area contributed by atoms with E-state index in [0.717, 1.165) is 10.7 Å². The number of nitrogens with zero attached hydrogens (tertiary/aromatic N) is 4. The van der Waals surface area contributed by atoms with E-state index < -0.39 is 17.8 Å². The van der Waals surface area contributed by atoms with E-state index >= 15 is 0 Å². The van der Waals surface area contributed by atoms with Crippen molar-refractivity contribution < 1.29 is 14.3 Å². The van der Waals surface area contributed by atoms with Crippen molar-refractivity contribution in [2.24, 2.45) is 11.0 Å². The SMILES string of the molecule is COC(=O)/C(C)=C\C[C@H](C(=O)N=[N+]=[N-])/C(C)=C/c1csc(C)n1. The quantitative estimate of drug-likeness (QED) is 0.259. The highest BCUT2D eigenvalue weighted by molar-refractivity contribution is 7.09. The molecule has 0 aromatic carbocycles. The topological polar surface area (TPSA) is 105 Å². The standard InChI is InChI=1S/C15H18N4O3S/c1-9(15(21)22-4)5-6-13(14(20)18-19-16)10(2)7-12-8-23-11(3)17-12/h5,7-8,13H,6H2,1-4H3/b9-5-,10-7+/t13-/m0/s1. The highest BCUT2D eigenvalue weighted by Crippen LogP contribution is 2.22. The molecule has 0 aliphatic rings. The van der Waals surface area contributed by atoms with Crippen LogP contribution < -0.4 is 0 Å². The summed E-state index contributed by atoms with van der Waals surface area (Å²) in [5.74, 6) is -1.70. The number of allylic oxidation sites excluding steroid dienone is 1. The molecule has 0 N–H and O–H groups in total. The molecule has 8 heteroatoms. The van der Waals surface area contributed by atoms with E-state index in [-0.39, 0.29) is 6.42 Å². The fourth-order valence-corrected chi connectivity index (χ4v) is 2.48. The molecule has 0 bridgehead atoms. The number of azide groups is 1. The van der Waals surface area contributed by atoms with Crippen LogP contribution in [0.25, 0.3) is 16.5 Å². The highest BCUT2D eigenvalue weighted by atomic mass is 32.1. The van der Waals surface area contributed by atoms with Crippen molar-refractivity contribution in [2.75, 3.05) is 7.11 Å². The number of aryl methyl sites for hydroxylation is 1. The summed E-state index contributed by atoms with van der Waals surface area (Å²) < 4.78 is 4.61. The average Bonchev–Trinajstić information content (AvgIpc) is 2.91. The summed E-state index contributed by atoms with van der Waals surface area (Å²) in [5, 5.41) is 5.97. The molecule has 0 fully saturated rings.